The first-order valence-electron chi connectivity index (χ1n) is 6.72. The Labute approximate surface area is 118 Å². The Bertz CT molecular complexity index is 541. The van der Waals surface area contributed by atoms with E-state index < -0.39 is 0 Å². The standard InChI is InChI=1S/C16H18N2S/c1-12(13-5-4-9-17-11-13)18-15-8-10-19-16-7-3-2-6-14(15)16/h2-7,9,11-12,15,18H,8,10H2,1H3/t12-,15?/m1/s1. The van der Waals surface area contributed by atoms with Gasteiger partial charge in [-0.2, -0.15) is 0 Å². The van der Waals surface area contributed by atoms with Gasteiger partial charge in [-0.15, -0.1) is 11.8 Å². The van der Waals surface area contributed by atoms with Crippen LogP contribution in [-0.4, -0.2) is 10.7 Å². The highest BCUT2D eigenvalue weighted by Gasteiger charge is 2.21. The van der Waals surface area contributed by atoms with Crippen molar-refractivity contribution >= 4 is 11.8 Å². The average Bonchev–Trinajstić information content (AvgIpc) is 2.48. The molecular weight excluding hydrogens is 252 g/mol. The molecule has 0 spiro atoms. The van der Waals surface area contributed by atoms with Crippen LogP contribution in [-0.2, 0) is 0 Å². The first-order chi connectivity index (χ1) is 9.34. The molecule has 1 aliphatic heterocycles. The number of hydrogen-bond acceptors (Lipinski definition) is 3. The lowest BCUT2D eigenvalue weighted by molar-refractivity contribution is 0.449. The van der Waals surface area contributed by atoms with Crippen LogP contribution in [0.25, 0.3) is 0 Å². The van der Waals surface area contributed by atoms with Crippen LogP contribution in [0, 0.1) is 0 Å². The number of benzene rings is 1. The Balaban J connectivity index is 1.78. The number of nitrogens with zero attached hydrogens (tertiary/aromatic N) is 1. The predicted molar refractivity (Wildman–Crippen MR) is 80.3 cm³/mol. The number of nitrogens with one attached hydrogen (secondary N) is 1. The average molecular weight is 270 g/mol. The van der Waals surface area contributed by atoms with Crippen LogP contribution in [0.1, 0.15) is 36.6 Å². The maximum Gasteiger partial charge on any atom is 0.0344 e. The molecule has 0 bridgehead atoms. The smallest absolute Gasteiger partial charge is 0.0344 e. The van der Waals surface area contributed by atoms with Crippen molar-refractivity contribution in [3.63, 3.8) is 0 Å². The summed E-state index contributed by atoms with van der Waals surface area (Å²) in [6.45, 7) is 2.21. The van der Waals surface area contributed by atoms with Gasteiger partial charge in [-0.1, -0.05) is 24.3 Å². The van der Waals surface area contributed by atoms with Crippen molar-refractivity contribution in [1.29, 1.82) is 0 Å². The van der Waals surface area contributed by atoms with Gasteiger partial charge in [0.1, 0.15) is 0 Å². The molecule has 0 fully saturated rings. The Morgan fingerprint density at radius 3 is 3.00 bits per heavy atom. The maximum absolute atomic E-state index is 4.20. The number of thioether (sulfide) groups is 1. The van der Waals surface area contributed by atoms with Crippen LogP contribution < -0.4 is 5.32 Å². The summed E-state index contributed by atoms with van der Waals surface area (Å²) in [4.78, 5) is 5.62. The van der Waals surface area contributed by atoms with Gasteiger partial charge < -0.3 is 5.32 Å². The molecule has 1 unspecified atom stereocenters. The van der Waals surface area contributed by atoms with Crippen molar-refractivity contribution in [2.45, 2.75) is 30.3 Å². The second-order valence-corrected chi connectivity index (χ2v) is 6.04. The highest BCUT2D eigenvalue weighted by Crippen LogP contribution is 2.36. The van der Waals surface area contributed by atoms with Crippen LogP contribution in [0.2, 0.25) is 0 Å². The van der Waals surface area contributed by atoms with Crippen molar-refractivity contribution < 1.29 is 0 Å². The zero-order valence-corrected chi connectivity index (χ0v) is 11.9. The number of aromatic nitrogens is 1. The summed E-state index contributed by atoms with van der Waals surface area (Å²) in [5, 5.41) is 3.74. The number of hydrogen-bond donors (Lipinski definition) is 1. The highest BCUT2D eigenvalue weighted by atomic mass is 32.2. The van der Waals surface area contributed by atoms with E-state index in [0.717, 1.165) is 0 Å². The normalized spacial score (nSPS) is 19.7. The summed E-state index contributed by atoms with van der Waals surface area (Å²) >= 11 is 1.96. The molecule has 1 aromatic carbocycles. The third-order valence-corrected chi connectivity index (χ3v) is 4.72. The van der Waals surface area contributed by atoms with E-state index in [1.165, 1.54) is 28.2 Å². The van der Waals surface area contributed by atoms with E-state index in [0.29, 0.717) is 12.1 Å². The molecule has 2 aromatic rings. The van der Waals surface area contributed by atoms with Gasteiger partial charge in [0.05, 0.1) is 0 Å². The molecule has 0 radical (unpaired) electrons. The number of pyridine rings is 1. The minimum absolute atomic E-state index is 0.329. The van der Waals surface area contributed by atoms with Crippen molar-refractivity contribution in [2.75, 3.05) is 5.75 Å². The van der Waals surface area contributed by atoms with Crippen LogP contribution in [0.4, 0.5) is 0 Å². The third kappa shape index (κ3) is 2.82. The lowest BCUT2D eigenvalue weighted by Gasteiger charge is -2.29. The molecule has 98 valence electrons. The molecule has 1 aliphatic rings. The topological polar surface area (TPSA) is 24.9 Å². The summed E-state index contributed by atoms with van der Waals surface area (Å²) in [5.74, 6) is 1.19. The Hall–Kier alpha value is -1.32. The molecular formula is C16H18N2S. The van der Waals surface area contributed by atoms with Crippen LogP contribution in [0.5, 0.6) is 0 Å². The fourth-order valence-electron chi connectivity index (χ4n) is 2.55. The van der Waals surface area contributed by atoms with Gasteiger partial charge in [-0.25, -0.2) is 0 Å². The van der Waals surface area contributed by atoms with E-state index in [4.69, 9.17) is 0 Å². The molecule has 1 N–H and O–H groups in total. The van der Waals surface area contributed by atoms with Gasteiger partial charge in [0.25, 0.3) is 0 Å². The highest BCUT2D eigenvalue weighted by molar-refractivity contribution is 7.99. The minimum Gasteiger partial charge on any atom is -0.303 e. The molecule has 0 amide bonds. The van der Waals surface area contributed by atoms with Gasteiger partial charge in [-0.05, 0) is 42.4 Å². The third-order valence-electron chi connectivity index (χ3n) is 3.59. The largest absolute Gasteiger partial charge is 0.303 e. The molecule has 2 atom stereocenters. The van der Waals surface area contributed by atoms with E-state index in [2.05, 4.69) is 47.6 Å². The van der Waals surface area contributed by atoms with E-state index in [9.17, 15) is 0 Å². The van der Waals surface area contributed by atoms with E-state index in [1.807, 2.05) is 30.2 Å². The Morgan fingerprint density at radius 2 is 2.16 bits per heavy atom. The molecule has 0 saturated heterocycles. The number of rotatable bonds is 3. The van der Waals surface area contributed by atoms with E-state index in [-0.39, 0.29) is 0 Å². The van der Waals surface area contributed by atoms with Crippen molar-refractivity contribution in [1.82, 2.24) is 10.3 Å². The summed E-state index contributed by atoms with van der Waals surface area (Å²) in [7, 11) is 0. The summed E-state index contributed by atoms with van der Waals surface area (Å²) < 4.78 is 0. The second-order valence-electron chi connectivity index (χ2n) is 4.90. The SMILES string of the molecule is C[C@@H](NC1CCSc2ccccc21)c1cccnc1. The van der Waals surface area contributed by atoms with Crippen LogP contribution in [0.15, 0.2) is 53.7 Å². The fraction of sp³-hybridized carbons (Fsp3) is 0.312. The molecule has 0 aliphatic carbocycles. The van der Waals surface area contributed by atoms with Crippen LogP contribution in [0.3, 0.4) is 0 Å². The van der Waals surface area contributed by atoms with Crippen LogP contribution >= 0.6 is 11.8 Å². The monoisotopic (exact) mass is 270 g/mol. The van der Waals surface area contributed by atoms with Crippen molar-refractivity contribution in [2.24, 2.45) is 0 Å². The molecule has 19 heavy (non-hydrogen) atoms. The quantitative estimate of drug-likeness (QED) is 0.913. The van der Waals surface area contributed by atoms with Gasteiger partial charge in [-0.3, -0.25) is 4.98 Å². The molecule has 0 saturated carbocycles. The first-order valence-corrected chi connectivity index (χ1v) is 7.71. The fourth-order valence-corrected chi connectivity index (χ4v) is 3.67. The first kappa shape index (κ1) is 12.7. The molecule has 3 rings (SSSR count). The van der Waals surface area contributed by atoms with Gasteiger partial charge in [0.2, 0.25) is 0 Å². The lowest BCUT2D eigenvalue weighted by atomic mass is 10.0. The summed E-state index contributed by atoms with van der Waals surface area (Å²) in [6.07, 6.45) is 4.95. The van der Waals surface area contributed by atoms with E-state index in [1.54, 1.807) is 0 Å². The Morgan fingerprint density at radius 1 is 1.26 bits per heavy atom. The zero-order valence-electron chi connectivity index (χ0n) is 11.0. The van der Waals surface area contributed by atoms with Gasteiger partial charge >= 0.3 is 0 Å². The summed E-state index contributed by atoms with van der Waals surface area (Å²) in [6, 6.07) is 13.6. The second kappa shape index (κ2) is 5.76. The molecule has 2 nitrogen and oxygen atoms in total. The summed E-state index contributed by atoms with van der Waals surface area (Å²) in [5.41, 5.74) is 2.69. The minimum atomic E-state index is 0.329. The number of fused-ring (bicyclic) bond motifs is 1. The Kier molecular flexibility index (Phi) is 3.85. The van der Waals surface area contributed by atoms with Gasteiger partial charge in [0, 0.05) is 29.4 Å². The molecule has 1 aromatic heterocycles. The maximum atomic E-state index is 4.20. The molecule has 2 heterocycles. The van der Waals surface area contributed by atoms with Crippen molar-refractivity contribution in [3.8, 4) is 0 Å². The van der Waals surface area contributed by atoms with Crippen molar-refractivity contribution in [3.05, 3.63) is 59.9 Å². The van der Waals surface area contributed by atoms with E-state index >= 15 is 0 Å². The van der Waals surface area contributed by atoms with Gasteiger partial charge in [0.15, 0.2) is 0 Å². The zero-order chi connectivity index (χ0) is 13.1. The lowest BCUT2D eigenvalue weighted by Crippen LogP contribution is -2.27. The molecule has 3 heteroatoms. The predicted octanol–water partition coefficient (Wildman–Crippen LogP) is 3.97.